The lowest BCUT2D eigenvalue weighted by Crippen LogP contribution is -2.12. The molecule has 0 spiro atoms. The topological polar surface area (TPSA) is 64.9 Å². The second-order valence-corrected chi connectivity index (χ2v) is 5.53. The molecule has 0 bridgehead atoms. The summed E-state index contributed by atoms with van der Waals surface area (Å²) in [5.74, 6) is 1.34. The number of rotatable bonds is 6. The molecule has 2 N–H and O–H groups in total. The average molecular weight is 314 g/mol. The zero-order valence-corrected chi connectivity index (χ0v) is 12.8. The first-order valence-electron chi connectivity index (χ1n) is 6.60. The van der Waals surface area contributed by atoms with Gasteiger partial charge in [-0.3, -0.25) is 0 Å². The number of hydrogen-bond acceptors (Lipinski definition) is 4. The minimum Gasteiger partial charge on any atom is -0.339 e. The summed E-state index contributed by atoms with van der Waals surface area (Å²) in [6, 6.07) is 5.37. The first-order chi connectivity index (χ1) is 9.63. The highest BCUT2D eigenvalue weighted by Crippen LogP contribution is 2.24. The summed E-state index contributed by atoms with van der Waals surface area (Å²) in [5.41, 5.74) is 6.65. The van der Waals surface area contributed by atoms with Crippen LogP contribution in [0.4, 0.5) is 0 Å². The molecule has 0 aliphatic rings. The molecule has 0 amide bonds. The highest BCUT2D eigenvalue weighted by atomic mass is 35.5. The van der Waals surface area contributed by atoms with E-state index in [1.54, 1.807) is 12.1 Å². The molecule has 0 saturated carbocycles. The molecule has 20 heavy (non-hydrogen) atoms. The first kappa shape index (κ1) is 15.3. The van der Waals surface area contributed by atoms with Crippen molar-refractivity contribution >= 4 is 23.2 Å². The van der Waals surface area contributed by atoms with Crippen molar-refractivity contribution in [3.63, 3.8) is 0 Å². The van der Waals surface area contributed by atoms with E-state index in [4.69, 9.17) is 33.5 Å². The lowest BCUT2D eigenvalue weighted by molar-refractivity contribution is 0.344. The maximum absolute atomic E-state index is 6.14. The van der Waals surface area contributed by atoms with Gasteiger partial charge in [0.15, 0.2) is 5.82 Å². The van der Waals surface area contributed by atoms with E-state index in [-0.39, 0.29) is 5.92 Å². The molecule has 1 atom stereocenters. The zero-order valence-electron chi connectivity index (χ0n) is 11.3. The Labute approximate surface area is 128 Å². The summed E-state index contributed by atoms with van der Waals surface area (Å²) in [7, 11) is 0. The quantitative estimate of drug-likeness (QED) is 0.880. The Balaban J connectivity index is 2.12. The maximum atomic E-state index is 6.14. The van der Waals surface area contributed by atoms with E-state index in [0.717, 1.165) is 18.4 Å². The van der Waals surface area contributed by atoms with Crippen LogP contribution in [0.3, 0.4) is 0 Å². The highest BCUT2D eigenvalue weighted by Gasteiger charge is 2.17. The summed E-state index contributed by atoms with van der Waals surface area (Å²) in [4.78, 5) is 4.41. The van der Waals surface area contributed by atoms with Crippen LogP contribution < -0.4 is 5.73 Å². The number of nitrogens with zero attached hydrogens (tertiary/aromatic N) is 2. The van der Waals surface area contributed by atoms with Crippen LogP contribution in [-0.4, -0.2) is 16.7 Å². The standard InChI is InChI=1S/C14H17Cl2N3O/c1-2-3-10(8-17)14-18-13(19-20-14)6-9-4-5-11(15)7-12(9)16/h4-5,7,10H,2-3,6,8,17H2,1H3. The van der Waals surface area contributed by atoms with Crippen molar-refractivity contribution in [2.24, 2.45) is 5.73 Å². The number of benzene rings is 1. The Kier molecular flexibility index (Phi) is 5.40. The molecular weight excluding hydrogens is 297 g/mol. The van der Waals surface area contributed by atoms with E-state index < -0.39 is 0 Å². The van der Waals surface area contributed by atoms with Gasteiger partial charge >= 0.3 is 0 Å². The Bertz CT molecular complexity index is 571. The summed E-state index contributed by atoms with van der Waals surface area (Å²) in [6.07, 6.45) is 2.49. The van der Waals surface area contributed by atoms with Crippen LogP contribution in [0.1, 0.15) is 43.0 Å². The third-order valence-electron chi connectivity index (χ3n) is 3.12. The van der Waals surface area contributed by atoms with Gasteiger partial charge in [-0.15, -0.1) is 0 Å². The summed E-state index contributed by atoms with van der Waals surface area (Å²) in [6.45, 7) is 2.62. The molecule has 0 saturated heterocycles. The average Bonchev–Trinajstić information content (AvgIpc) is 2.87. The van der Waals surface area contributed by atoms with E-state index in [1.807, 2.05) is 6.07 Å². The fourth-order valence-corrected chi connectivity index (χ4v) is 2.51. The maximum Gasteiger partial charge on any atom is 0.231 e. The summed E-state index contributed by atoms with van der Waals surface area (Å²) < 4.78 is 5.30. The van der Waals surface area contributed by atoms with Crippen LogP contribution >= 0.6 is 23.2 Å². The fraction of sp³-hybridized carbons (Fsp3) is 0.429. The minimum atomic E-state index is 0.127. The Morgan fingerprint density at radius 3 is 2.80 bits per heavy atom. The number of halogens is 2. The van der Waals surface area contributed by atoms with Gasteiger partial charge in [-0.2, -0.15) is 4.98 Å². The molecule has 0 aliphatic heterocycles. The van der Waals surface area contributed by atoms with E-state index >= 15 is 0 Å². The molecule has 0 fully saturated rings. The molecule has 1 heterocycles. The van der Waals surface area contributed by atoms with Gasteiger partial charge in [0.05, 0.1) is 5.92 Å². The molecular formula is C14H17Cl2N3O. The third-order valence-corrected chi connectivity index (χ3v) is 3.71. The van der Waals surface area contributed by atoms with Crippen molar-refractivity contribution in [2.75, 3.05) is 6.54 Å². The van der Waals surface area contributed by atoms with Crippen molar-refractivity contribution < 1.29 is 4.52 Å². The highest BCUT2D eigenvalue weighted by molar-refractivity contribution is 6.35. The molecule has 0 aliphatic carbocycles. The Morgan fingerprint density at radius 2 is 2.15 bits per heavy atom. The van der Waals surface area contributed by atoms with Crippen LogP contribution in [0.5, 0.6) is 0 Å². The van der Waals surface area contributed by atoms with Crippen LogP contribution in [0, 0.1) is 0 Å². The van der Waals surface area contributed by atoms with Gasteiger partial charge in [-0.05, 0) is 24.1 Å². The molecule has 1 aromatic heterocycles. The fourth-order valence-electron chi connectivity index (χ4n) is 2.03. The number of hydrogen-bond donors (Lipinski definition) is 1. The van der Waals surface area contributed by atoms with Gasteiger partial charge in [0.2, 0.25) is 5.89 Å². The minimum absolute atomic E-state index is 0.127. The third kappa shape index (κ3) is 3.72. The van der Waals surface area contributed by atoms with Crippen LogP contribution in [0.25, 0.3) is 0 Å². The van der Waals surface area contributed by atoms with Crippen molar-refractivity contribution in [3.8, 4) is 0 Å². The largest absolute Gasteiger partial charge is 0.339 e. The molecule has 0 radical (unpaired) electrons. The van der Waals surface area contributed by atoms with E-state index in [1.165, 1.54) is 0 Å². The smallest absolute Gasteiger partial charge is 0.231 e. The molecule has 6 heteroatoms. The van der Waals surface area contributed by atoms with Gasteiger partial charge < -0.3 is 10.3 Å². The van der Waals surface area contributed by atoms with Gasteiger partial charge in [0.1, 0.15) is 0 Å². The van der Waals surface area contributed by atoms with E-state index in [2.05, 4.69) is 17.1 Å². The molecule has 4 nitrogen and oxygen atoms in total. The van der Waals surface area contributed by atoms with Crippen LogP contribution in [0.15, 0.2) is 22.7 Å². The molecule has 2 aromatic rings. The van der Waals surface area contributed by atoms with E-state index in [0.29, 0.717) is 34.7 Å². The van der Waals surface area contributed by atoms with Crippen molar-refractivity contribution in [2.45, 2.75) is 32.1 Å². The zero-order chi connectivity index (χ0) is 14.5. The summed E-state index contributed by atoms with van der Waals surface area (Å²) in [5, 5.41) is 5.21. The lowest BCUT2D eigenvalue weighted by atomic mass is 10.0. The Hall–Kier alpha value is -1.10. The van der Waals surface area contributed by atoms with Crippen molar-refractivity contribution in [1.82, 2.24) is 10.1 Å². The predicted molar refractivity (Wildman–Crippen MR) is 80.3 cm³/mol. The summed E-state index contributed by atoms with van der Waals surface area (Å²) >= 11 is 12.0. The Morgan fingerprint density at radius 1 is 1.35 bits per heavy atom. The molecule has 2 rings (SSSR count). The number of nitrogens with two attached hydrogens (primary N) is 1. The molecule has 1 aromatic carbocycles. The predicted octanol–water partition coefficient (Wildman–Crippen LogP) is 3.81. The van der Waals surface area contributed by atoms with Gasteiger partial charge in [-0.1, -0.05) is 47.8 Å². The SMILES string of the molecule is CCCC(CN)c1nc(Cc2ccc(Cl)cc2Cl)no1. The van der Waals surface area contributed by atoms with Crippen LogP contribution in [0.2, 0.25) is 10.0 Å². The second kappa shape index (κ2) is 7.07. The molecule has 108 valence electrons. The number of aromatic nitrogens is 2. The van der Waals surface area contributed by atoms with E-state index in [9.17, 15) is 0 Å². The van der Waals surface area contributed by atoms with Crippen molar-refractivity contribution in [3.05, 3.63) is 45.5 Å². The van der Waals surface area contributed by atoms with Gasteiger partial charge in [0, 0.05) is 23.0 Å². The first-order valence-corrected chi connectivity index (χ1v) is 7.36. The second-order valence-electron chi connectivity index (χ2n) is 4.68. The van der Waals surface area contributed by atoms with Gasteiger partial charge in [0.25, 0.3) is 0 Å². The lowest BCUT2D eigenvalue weighted by Gasteiger charge is -2.06. The molecule has 1 unspecified atom stereocenters. The van der Waals surface area contributed by atoms with Crippen LogP contribution in [-0.2, 0) is 6.42 Å². The normalized spacial score (nSPS) is 12.6. The monoisotopic (exact) mass is 313 g/mol. The van der Waals surface area contributed by atoms with Crippen molar-refractivity contribution in [1.29, 1.82) is 0 Å². The van der Waals surface area contributed by atoms with Gasteiger partial charge in [-0.25, -0.2) is 0 Å².